The number of pyridine rings is 1. The van der Waals surface area contributed by atoms with Crippen LogP contribution in [0.3, 0.4) is 0 Å². The van der Waals surface area contributed by atoms with E-state index < -0.39 is 37.1 Å². The summed E-state index contributed by atoms with van der Waals surface area (Å²) in [7, 11) is 0. The summed E-state index contributed by atoms with van der Waals surface area (Å²) in [5, 5.41) is 29.5. The number of nitrogens with zero attached hydrogens (tertiary/aromatic N) is 1. The van der Waals surface area contributed by atoms with Crippen molar-refractivity contribution in [3.63, 3.8) is 0 Å². The Balaban J connectivity index is 2.98. The Kier molecular flexibility index (Phi) is 4.49. The molecular formula is C10H13F3N2O3. The van der Waals surface area contributed by atoms with Crippen LogP contribution in [0.4, 0.5) is 19.0 Å². The van der Waals surface area contributed by atoms with Crippen LogP contribution in [-0.4, -0.2) is 45.7 Å². The average molecular weight is 266 g/mol. The molecule has 0 bridgehead atoms. The van der Waals surface area contributed by atoms with E-state index in [9.17, 15) is 13.2 Å². The highest BCUT2D eigenvalue weighted by Gasteiger charge is 2.32. The Morgan fingerprint density at radius 3 is 2.11 bits per heavy atom. The molecule has 0 aliphatic rings. The molecule has 18 heavy (non-hydrogen) atoms. The number of aromatic nitrogens is 1. The van der Waals surface area contributed by atoms with Gasteiger partial charge in [0, 0.05) is 6.20 Å². The molecule has 0 aromatic carbocycles. The van der Waals surface area contributed by atoms with Gasteiger partial charge < -0.3 is 20.6 Å². The van der Waals surface area contributed by atoms with E-state index >= 15 is 0 Å². The fourth-order valence-electron chi connectivity index (χ4n) is 1.22. The number of hydrogen-bond acceptors (Lipinski definition) is 5. The van der Waals surface area contributed by atoms with Crippen molar-refractivity contribution in [3.8, 4) is 0 Å². The predicted octanol–water partition coefficient (Wildman–Crippen LogP) is 0.228. The Hall–Kier alpha value is -1.38. The van der Waals surface area contributed by atoms with Crippen molar-refractivity contribution in [2.75, 3.05) is 25.1 Å². The van der Waals surface area contributed by atoms with Gasteiger partial charge >= 0.3 is 6.18 Å². The highest BCUT2D eigenvalue weighted by molar-refractivity contribution is 5.41. The van der Waals surface area contributed by atoms with Crippen LogP contribution in [0.2, 0.25) is 0 Å². The number of halogens is 3. The van der Waals surface area contributed by atoms with E-state index in [1.165, 1.54) is 0 Å². The quantitative estimate of drug-likeness (QED) is 0.613. The van der Waals surface area contributed by atoms with Crippen molar-refractivity contribution in [1.29, 1.82) is 0 Å². The lowest BCUT2D eigenvalue weighted by Gasteiger charge is -2.29. The molecule has 1 aromatic rings. The number of rotatable bonds is 5. The Bertz CT molecular complexity index is 386. The Morgan fingerprint density at radius 2 is 1.67 bits per heavy atom. The van der Waals surface area contributed by atoms with Gasteiger partial charge in [-0.25, -0.2) is 4.98 Å². The van der Waals surface area contributed by atoms with Crippen LogP contribution in [0.25, 0.3) is 0 Å². The van der Waals surface area contributed by atoms with E-state index in [2.05, 4.69) is 10.3 Å². The van der Waals surface area contributed by atoms with Gasteiger partial charge in [-0.2, -0.15) is 13.2 Å². The zero-order chi connectivity index (χ0) is 13.8. The third-order valence-electron chi connectivity index (χ3n) is 2.39. The highest BCUT2D eigenvalue weighted by Crippen LogP contribution is 2.30. The second kappa shape index (κ2) is 5.51. The average Bonchev–Trinajstić information content (AvgIpc) is 2.35. The minimum atomic E-state index is -4.51. The van der Waals surface area contributed by atoms with Crippen molar-refractivity contribution in [2.45, 2.75) is 11.7 Å². The fourth-order valence-corrected chi connectivity index (χ4v) is 1.22. The topological polar surface area (TPSA) is 85.6 Å². The normalized spacial score (nSPS) is 12.6. The van der Waals surface area contributed by atoms with Crippen molar-refractivity contribution in [1.82, 2.24) is 4.98 Å². The molecule has 0 aliphatic heterocycles. The summed E-state index contributed by atoms with van der Waals surface area (Å²) >= 11 is 0. The predicted molar refractivity (Wildman–Crippen MR) is 56.9 cm³/mol. The summed E-state index contributed by atoms with van der Waals surface area (Å²) in [6.07, 6.45) is -3.57. The number of aliphatic hydroxyl groups excluding tert-OH is 3. The minimum Gasteiger partial charge on any atom is -0.394 e. The summed E-state index contributed by atoms with van der Waals surface area (Å²) in [5.41, 5.74) is -2.43. The molecule has 0 atom stereocenters. The molecule has 0 aliphatic carbocycles. The number of alkyl halides is 3. The van der Waals surface area contributed by atoms with Gasteiger partial charge in [0.1, 0.15) is 11.4 Å². The van der Waals surface area contributed by atoms with E-state index in [0.717, 1.165) is 18.3 Å². The molecular weight excluding hydrogens is 253 g/mol. The van der Waals surface area contributed by atoms with Crippen LogP contribution < -0.4 is 5.32 Å². The van der Waals surface area contributed by atoms with Gasteiger partial charge in [0.2, 0.25) is 0 Å². The first-order chi connectivity index (χ1) is 8.37. The van der Waals surface area contributed by atoms with E-state index in [1.54, 1.807) is 0 Å². The molecule has 0 saturated carbocycles. The zero-order valence-corrected chi connectivity index (χ0v) is 9.28. The van der Waals surface area contributed by atoms with Gasteiger partial charge in [0.15, 0.2) is 0 Å². The summed E-state index contributed by atoms with van der Waals surface area (Å²) in [5.74, 6) is -0.193. The third-order valence-corrected chi connectivity index (χ3v) is 2.39. The second-order valence-corrected chi connectivity index (χ2v) is 3.81. The molecule has 0 fully saturated rings. The molecule has 0 amide bonds. The van der Waals surface area contributed by atoms with Gasteiger partial charge in [0.25, 0.3) is 0 Å². The minimum absolute atomic E-state index is 0.193. The smallest absolute Gasteiger partial charge is 0.394 e. The lowest BCUT2D eigenvalue weighted by atomic mass is 10.0. The standard InChI is InChI=1S/C10H13F3N2O3/c11-10(12,13)7-1-2-14-8(3-7)15-9(4-16,5-17)6-18/h1-3,16-18H,4-6H2,(H,14,15). The number of hydrogen-bond donors (Lipinski definition) is 4. The SMILES string of the molecule is OCC(CO)(CO)Nc1cc(C(F)(F)F)ccn1. The summed E-state index contributed by atoms with van der Waals surface area (Å²) in [6, 6.07) is 1.53. The molecule has 1 heterocycles. The summed E-state index contributed by atoms with van der Waals surface area (Å²) in [4.78, 5) is 3.64. The lowest BCUT2D eigenvalue weighted by molar-refractivity contribution is -0.137. The van der Waals surface area contributed by atoms with E-state index in [-0.39, 0.29) is 5.82 Å². The zero-order valence-electron chi connectivity index (χ0n) is 9.28. The maximum Gasteiger partial charge on any atom is 0.416 e. The van der Waals surface area contributed by atoms with Crippen LogP contribution >= 0.6 is 0 Å². The van der Waals surface area contributed by atoms with Crippen LogP contribution in [0.1, 0.15) is 5.56 Å². The number of aliphatic hydroxyl groups is 3. The van der Waals surface area contributed by atoms with Crippen LogP contribution in [0.5, 0.6) is 0 Å². The second-order valence-electron chi connectivity index (χ2n) is 3.81. The van der Waals surface area contributed by atoms with Gasteiger partial charge in [-0.3, -0.25) is 0 Å². The Morgan fingerprint density at radius 1 is 1.11 bits per heavy atom. The largest absolute Gasteiger partial charge is 0.416 e. The first-order valence-corrected chi connectivity index (χ1v) is 5.01. The van der Waals surface area contributed by atoms with Crippen molar-refractivity contribution >= 4 is 5.82 Å². The van der Waals surface area contributed by atoms with Gasteiger partial charge in [-0.05, 0) is 12.1 Å². The monoisotopic (exact) mass is 266 g/mol. The van der Waals surface area contributed by atoms with Crippen LogP contribution in [-0.2, 0) is 6.18 Å². The molecule has 0 radical (unpaired) electrons. The third kappa shape index (κ3) is 3.31. The number of nitrogens with one attached hydrogen (secondary N) is 1. The number of anilines is 1. The lowest BCUT2D eigenvalue weighted by Crippen LogP contribution is -2.49. The molecule has 102 valence electrons. The highest BCUT2D eigenvalue weighted by atomic mass is 19.4. The molecule has 5 nitrogen and oxygen atoms in total. The maximum absolute atomic E-state index is 12.4. The van der Waals surface area contributed by atoms with Crippen molar-refractivity contribution < 1.29 is 28.5 Å². The summed E-state index contributed by atoms with van der Waals surface area (Å²) in [6.45, 7) is -1.96. The molecule has 8 heteroatoms. The van der Waals surface area contributed by atoms with E-state index in [4.69, 9.17) is 15.3 Å². The Labute approximate surface area is 101 Å². The van der Waals surface area contributed by atoms with Gasteiger partial charge in [0.05, 0.1) is 25.4 Å². The fraction of sp³-hybridized carbons (Fsp3) is 0.500. The van der Waals surface area contributed by atoms with Gasteiger partial charge in [-0.1, -0.05) is 0 Å². The first-order valence-electron chi connectivity index (χ1n) is 5.01. The molecule has 0 spiro atoms. The molecule has 4 N–H and O–H groups in total. The van der Waals surface area contributed by atoms with E-state index in [0.29, 0.717) is 0 Å². The van der Waals surface area contributed by atoms with E-state index in [1.807, 2.05) is 0 Å². The first kappa shape index (κ1) is 14.7. The molecule has 0 unspecified atom stereocenters. The van der Waals surface area contributed by atoms with Crippen LogP contribution in [0, 0.1) is 0 Å². The van der Waals surface area contributed by atoms with Crippen LogP contribution in [0.15, 0.2) is 18.3 Å². The van der Waals surface area contributed by atoms with Gasteiger partial charge in [-0.15, -0.1) is 0 Å². The molecule has 0 saturated heterocycles. The maximum atomic E-state index is 12.4. The van der Waals surface area contributed by atoms with Crippen molar-refractivity contribution in [2.24, 2.45) is 0 Å². The molecule has 1 rings (SSSR count). The van der Waals surface area contributed by atoms with Crippen molar-refractivity contribution in [3.05, 3.63) is 23.9 Å². The molecule has 1 aromatic heterocycles. The summed E-state index contributed by atoms with van der Waals surface area (Å²) < 4.78 is 37.3.